The predicted molar refractivity (Wildman–Crippen MR) is 86.0 cm³/mol. The Morgan fingerprint density at radius 3 is 2.47 bits per heavy atom. The Labute approximate surface area is 121 Å². The summed E-state index contributed by atoms with van der Waals surface area (Å²) in [6.07, 6.45) is 1.06. The highest BCUT2D eigenvalue weighted by atomic mass is 32.2. The van der Waals surface area contributed by atoms with E-state index in [0.717, 1.165) is 11.5 Å². The summed E-state index contributed by atoms with van der Waals surface area (Å²) in [6.45, 7) is 10.1. The van der Waals surface area contributed by atoms with Gasteiger partial charge in [0, 0.05) is 12.7 Å². The Morgan fingerprint density at radius 2 is 1.84 bits per heavy atom. The van der Waals surface area contributed by atoms with Gasteiger partial charge < -0.3 is 4.74 Å². The van der Waals surface area contributed by atoms with Crippen molar-refractivity contribution in [2.24, 2.45) is 4.99 Å². The molecule has 0 aromatic heterocycles. The van der Waals surface area contributed by atoms with Gasteiger partial charge in [-0.15, -0.1) is 11.8 Å². The van der Waals surface area contributed by atoms with Gasteiger partial charge in [-0.1, -0.05) is 52.0 Å². The van der Waals surface area contributed by atoms with Crippen molar-refractivity contribution >= 4 is 16.8 Å². The van der Waals surface area contributed by atoms with Gasteiger partial charge in [0.2, 0.25) is 0 Å². The molecule has 0 N–H and O–H groups in total. The maximum atomic E-state index is 5.71. The van der Waals surface area contributed by atoms with Crippen LogP contribution in [0.3, 0.4) is 0 Å². The highest BCUT2D eigenvalue weighted by Gasteiger charge is 2.51. The van der Waals surface area contributed by atoms with E-state index >= 15 is 0 Å². The van der Waals surface area contributed by atoms with E-state index in [-0.39, 0.29) is 0 Å². The van der Waals surface area contributed by atoms with Crippen LogP contribution in [0.25, 0.3) is 0 Å². The zero-order valence-electron chi connectivity index (χ0n) is 12.9. The molecule has 2 nitrogen and oxygen atoms in total. The van der Waals surface area contributed by atoms with Gasteiger partial charge in [-0.05, 0) is 18.9 Å². The number of methoxy groups -OCH3 is 1. The monoisotopic (exact) mass is 279 g/mol. The molecule has 19 heavy (non-hydrogen) atoms. The van der Waals surface area contributed by atoms with Crippen LogP contribution in [0.4, 0.5) is 0 Å². The molecule has 1 heterocycles. The Bertz CT molecular complexity index is 444. The first-order valence-electron chi connectivity index (χ1n) is 7.13. The number of ether oxygens (including phenoxy) is 1. The zero-order valence-corrected chi connectivity index (χ0v) is 13.7. The highest BCUT2D eigenvalue weighted by molar-refractivity contribution is 8.14. The lowest BCUT2D eigenvalue weighted by molar-refractivity contribution is 0.00259. The lowest BCUT2D eigenvalue weighted by Crippen LogP contribution is -2.30. The molecule has 3 rings (SSSR count). The fourth-order valence-electron chi connectivity index (χ4n) is 2.57. The van der Waals surface area contributed by atoms with Crippen LogP contribution in [0, 0.1) is 0 Å². The summed E-state index contributed by atoms with van der Waals surface area (Å²) in [6, 6.07) is 8.47. The van der Waals surface area contributed by atoms with Crippen LogP contribution >= 0.6 is 11.8 Å². The van der Waals surface area contributed by atoms with E-state index in [9.17, 15) is 0 Å². The van der Waals surface area contributed by atoms with Crippen molar-refractivity contribution in [2.75, 3.05) is 7.11 Å². The number of aliphatic imine (C=N–C) groups is 1. The quantitative estimate of drug-likeness (QED) is 0.747. The van der Waals surface area contributed by atoms with E-state index in [4.69, 9.17) is 9.73 Å². The summed E-state index contributed by atoms with van der Waals surface area (Å²) in [5.74, 6) is 0. The number of hydrogen-bond acceptors (Lipinski definition) is 3. The average Bonchev–Trinajstić information content (AvgIpc) is 2.94. The van der Waals surface area contributed by atoms with Gasteiger partial charge in [-0.3, -0.25) is 0 Å². The molecule has 106 valence electrons. The number of thioether (sulfide) groups is 1. The molecular formula is C16H25NOS. The minimum atomic E-state index is -0.397. The molecule has 3 heteroatoms. The summed E-state index contributed by atoms with van der Waals surface area (Å²) < 4.78 is 5.71. The largest absolute Gasteiger partial charge is 0.352 e. The Morgan fingerprint density at radius 1 is 1.21 bits per heavy atom. The second-order valence-corrected chi connectivity index (χ2v) is 5.39. The van der Waals surface area contributed by atoms with Gasteiger partial charge in [0.1, 0.15) is 0 Å². The van der Waals surface area contributed by atoms with Gasteiger partial charge in [0.25, 0.3) is 0 Å². The van der Waals surface area contributed by atoms with E-state index in [1.165, 1.54) is 11.1 Å². The Kier molecular flexibility index (Phi) is 6.08. The summed E-state index contributed by atoms with van der Waals surface area (Å²) in [5.41, 5.74) is 2.24. The minimum Gasteiger partial charge on any atom is -0.352 e. The first-order valence-corrected chi connectivity index (χ1v) is 8.01. The number of rotatable bonds is 1. The summed E-state index contributed by atoms with van der Waals surface area (Å²) in [7, 11) is 1.76. The fraction of sp³-hybridized carbons (Fsp3) is 0.562. The van der Waals surface area contributed by atoms with Crippen LogP contribution < -0.4 is 0 Å². The first-order chi connectivity index (χ1) is 9.26. The van der Waals surface area contributed by atoms with Gasteiger partial charge in [0.05, 0.1) is 10.3 Å². The topological polar surface area (TPSA) is 21.6 Å². The molecule has 0 amide bonds. The maximum absolute atomic E-state index is 5.71. The molecule has 0 saturated carbocycles. The smallest absolute Gasteiger partial charge is 0.198 e. The molecule has 0 saturated heterocycles. The van der Waals surface area contributed by atoms with Gasteiger partial charge in [-0.2, -0.15) is 0 Å². The molecule has 0 spiro atoms. The molecule has 2 aliphatic rings. The van der Waals surface area contributed by atoms with Crippen LogP contribution in [0.1, 0.15) is 45.7 Å². The van der Waals surface area contributed by atoms with Crippen molar-refractivity contribution in [1.29, 1.82) is 0 Å². The number of benzene rings is 1. The van der Waals surface area contributed by atoms with E-state index < -0.39 is 5.72 Å². The molecule has 2 unspecified atom stereocenters. The van der Waals surface area contributed by atoms with Crippen molar-refractivity contribution in [3.8, 4) is 0 Å². The summed E-state index contributed by atoms with van der Waals surface area (Å²) >= 11 is 1.84. The van der Waals surface area contributed by atoms with Crippen LogP contribution in [-0.2, 0) is 16.9 Å². The van der Waals surface area contributed by atoms with Crippen molar-refractivity contribution in [3.05, 3.63) is 35.4 Å². The molecule has 1 aromatic carbocycles. The van der Waals surface area contributed by atoms with E-state index in [1.807, 2.05) is 39.5 Å². The standard InChI is InChI=1S/C12H13NOS.2C2H6/c1-8-13-12(14-2)10-6-4-3-5-9(10)7-11(12)15-8;2*1-2/h3-6,11H,7H2,1-2H3;2*1-2H3. The summed E-state index contributed by atoms with van der Waals surface area (Å²) in [4.78, 5) is 4.70. The minimum absolute atomic E-state index is 0.397. The van der Waals surface area contributed by atoms with E-state index in [1.54, 1.807) is 7.11 Å². The molecular weight excluding hydrogens is 254 g/mol. The fourth-order valence-corrected chi connectivity index (χ4v) is 3.86. The lowest BCUT2D eigenvalue weighted by atomic mass is 10.1. The number of hydrogen-bond donors (Lipinski definition) is 0. The third-order valence-electron chi connectivity index (χ3n) is 3.19. The molecule has 0 radical (unpaired) electrons. The van der Waals surface area contributed by atoms with Crippen LogP contribution in [0.5, 0.6) is 0 Å². The van der Waals surface area contributed by atoms with Crippen LogP contribution in [-0.4, -0.2) is 17.4 Å². The molecule has 1 aliphatic heterocycles. The van der Waals surface area contributed by atoms with E-state index in [0.29, 0.717) is 5.25 Å². The zero-order chi connectivity index (χ0) is 14.5. The van der Waals surface area contributed by atoms with Crippen molar-refractivity contribution in [2.45, 2.75) is 52.0 Å². The molecule has 1 aliphatic carbocycles. The molecule has 0 bridgehead atoms. The first kappa shape index (κ1) is 16.3. The third-order valence-corrected chi connectivity index (χ3v) is 4.40. The van der Waals surface area contributed by atoms with E-state index in [2.05, 4.69) is 31.2 Å². The van der Waals surface area contributed by atoms with Crippen molar-refractivity contribution in [1.82, 2.24) is 0 Å². The SMILES string of the molecule is CC.CC.COC12N=C(C)SC1Cc1ccccc12. The molecule has 2 atom stereocenters. The van der Waals surface area contributed by atoms with Crippen molar-refractivity contribution < 1.29 is 4.74 Å². The van der Waals surface area contributed by atoms with Gasteiger partial charge in [0.15, 0.2) is 5.72 Å². The highest BCUT2D eigenvalue weighted by Crippen LogP contribution is 2.51. The normalized spacial score (nSPS) is 26.2. The van der Waals surface area contributed by atoms with Crippen LogP contribution in [0.2, 0.25) is 0 Å². The average molecular weight is 279 g/mol. The second kappa shape index (κ2) is 7.11. The second-order valence-electron chi connectivity index (χ2n) is 4.00. The maximum Gasteiger partial charge on any atom is 0.198 e. The lowest BCUT2D eigenvalue weighted by Gasteiger charge is -2.25. The summed E-state index contributed by atoms with van der Waals surface area (Å²) in [5, 5.41) is 1.57. The molecule has 0 fully saturated rings. The number of fused-ring (bicyclic) bond motifs is 3. The Hall–Kier alpha value is -0.800. The molecule has 1 aromatic rings. The predicted octanol–water partition coefficient (Wildman–Crippen LogP) is 4.63. The number of nitrogens with zero attached hydrogens (tertiary/aromatic N) is 1. The van der Waals surface area contributed by atoms with Crippen LogP contribution in [0.15, 0.2) is 29.3 Å². The van der Waals surface area contributed by atoms with Crippen molar-refractivity contribution in [3.63, 3.8) is 0 Å². The van der Waals surface area contributed by atoms with Gasteiger partial charge in [-0.25, -0.2) is 4.99 Å². The van der Waals surface area contributed by atoms with Gasteiger partial charge >= 0.3 is 0 Å². The third kappa shape index (κ3) is 2.72. The Balaban J connectivity index is 0.000000415.